The number of ether oxygens (including phenoxy) is 1. The molecule has 0 radical (unpaired) electrons. The third-order valence-corrected chi connectivity index (χ3v) is 4.84. The first kappa shape index (κ1) is 19.4. The lowest BCUT2D eigenvalue weighted by atomic mass is 10.2. The maximum atomic E-state index is 12.5. The number of hydrogen-bond donors (Lipinski definition) is 1. The van der Waals surface area contributed by atoms with Gasteiger partial charge in [-0.25, -0.2) is 9.67 Å². The molecule has 1 amide bonds. The Labute approximate surface area is 181 Å². The fraction of sp³-hybridized carbons (Fsp3) is 0.0870. The summed E-state index contributed by atoms with van der Waals surface area (Å²) in [6.07, 6.45) is 3.83. The van der Waals surface area contributed by atoms with Gasteiger partial charge < -0.3 is 14.5 Å². The molecule has 9 heteroatoms. The predicted octanol–water partition coefficient (Wildman–Crippen LogP) is 2.66. The average Bonchev–Trinajstić information content (AvgIpc) is 3.23. The van der Waals surface area contributed by atoms with Crippen molar-refractivity contribution in [2.45, 2.75) is 13.2 Å². The minimum atomic E-state index is -0.394. The Morgan fingerprint density at radius 2 is 1.91 bits per heavy atom. The molecule has 9 nitrogen and oxygen atoms in total. The molecule has 5 aromatic rings. The number of benzene rings is 2. The van der Waals surface area contributed by atoms with Gasteiger partial charge >= 0.3 is 0 Å². The lowest BCUT2D eigenvalue weighted by Crippen LogP contribution is -2.30. The molecule has 0 aliphatic carbocycles. The van der Waals surface area contributed by atoms with E-state index in [1.807, 2.05) is 35.0 Å². The normalized spacial score (nSPS) is 11.0. The third-order valence-electron chi connectivity index (χ3n) is 4.84. The summed E-state index contributed by atoms with van der Waals surface area (Å²) >= 11 is 0. The van der Waals surface area contributed by atoms with Crippen molar-refractivity contribution < 1.29 is 9.53 Å². The van der Waals surface area contributed by atoms with Crippen LogP contribution in [0.25, 0.3) is 16.6 Å². The first-order chi connectivity index (χ1) is 15.7. The average molecular weight is 426 g/mol. The molecule has 3 aromatic heterocycles. The molecule has 5 rings (SSSR count). The number of anilines is 1. The van der Waals surface area contributed by atoms with Crippen LogP contribution in [-0.4, -0.2) is 30.3 Å². The van der Waals surface area contributed by atoms with Crippen molar-refractivity contribution in [3.05, 3.63) is 95.2 Å². The number of rotatable bonds is 6. The van der Waals surface area contributed by atoms with Gasteiger partial charge in [0.1, 0.15) is 30.1 Å². The molecule has 0 atom stereocenters. The van der Waals surface area contributed by atoms with E-state index in [9.17, 15) is 9.59 Å². The summed E-state index contributed by atoms with van der Waals surface area (Å²) in [5.41, 5.74) is 2.31. The zero-order chi connectivity index (χ0) is 21.9. The first-order valence-corrected chi connectivity index (χ1v) is 9.93. The van der Waals surface area contributed by atoms with Crippen LogP contribution in [0.4, 0.5) is 5.69 Å². The Morgan fingerprint density at radius 1 is 1.03 bits per heavy atom. The number of imidazole rings is 1. The molecule has 1 N–H and O–H groups in total. The SMILES string of the molecule is O=C(Cn1nnc2ccccc2c1=O)Nc1cccc(OCc2cn3ccccc3n2)c1. The number of nitrogens with one attached hydrogen (secondary N) is 1. The number of hydrogen-bond acceptors (Lipinski definition) is 6. The molecule has 2 aromatic carbocycles. The van der Waals surface area contributed by atoms with Crippen LogP contribution in [0, 0.1) is 0 Å². The third kappa shape index (κ3) is 4.04. The predicted molar refractivity (Wildman–Crippen MR) is 118 cm³/mol. The van der Waals surface area contributed by atoms with Crippen molar-refractivity contribution in [3.8, 4) is 5.75 Å². The molecule has 0 unspecified atom stereocenters. The van der Waals surface area contributed by atoms with Gasteiger partial charge in [0.25, 0.3) is 5.56 Å². The van der Waals surface area contributed by atoms with E-state index in [1.54, 1.807) is 48.5 Å². The quantitative estimate of drug-likeness (QED) is 0.448. The summed E-state index contributed by atoms with van der Waals surface area (Å²) in [7, 11) is 0. The van der Waals surface area contributed by atoms with Gasteiger partial charge in [0, 0.05) is 24.1 Å². The molecule has 0 aliphatic rings. The number of carbonyl (C=O) groups excluding carboxylic acids is 1. The Bertz CT molecular complexity index is 1460. The van der Waals surface area contributed by atoms with Gasteiger partial charge in [0.2, 0.25) is 5.91 Å². The van der Waals surface area contributed by atoms with E-state index in [0.29, 0.717) is 28.9 Å². The second-order valence-electron chi connectivity index (χ2n) is 7.13. The molecule has 0 bridgehead atoms. The van der Waals surface area contributed by atoms with Gasteiger partial charge in [-0.3, -0.25) is 9.59 Å². The fourth-order valence-corrected chi connectivity index (χ4v) is 3.34. The van der Waals surface area contributed by atoms with Gasteiger partial charge in [-0.1, -0.05) is 29.5 Å². The van der Waals surface area contributed by atoms with Gasteiger partial charge in [0.15, 0.2) is 0 Å². The highest BCUT2D eigenvalue weighted by atomic mass is 16.5. The number of carbonyl (C=O) groups is 1. The minimum Gasteiger partial charge on any atom is -0.487 e. The van der Waals surface area contributed by atoms with Crippen LogP contribution in [0.2, 0.25) is 0 Å². The Morgan fingerprint density at radius 3 is 2.81 bits per heavy atom. The first-order valence-electron chi connectivity index (χ1n) is 9.93. The lowest BCUT2D eigenvalue weighted by Gasteiger charge is -2.09. The lowest BCUT2D eigenvalue weighted by molar-refractivity contribution is -0.117. The largest absolute Gasteiger partial charge is 0.487 e. The van der Waals surface area contributed by atoms with Crippen LogP contribution in [0.5, 0.6) is 5.75 Å². The minimum absolute atomic E-state index is 0.247. The summed E-state index contributed by atoms with van der Waals surface area (Å²) in [6, 6.07) is 19.7. The number of nitrogens with zero attached hydrogens (tertiary/aromatic N) is 5. The van der Waals surface area contributed by atoms with Gasteiger partial charge in [-0.15, -0.1) is 5.10 Å². The Kier molecular flexibility index (Phi) is 5.04. The number of aromatic nitrogens is 5. The molecule has 0 aliphatic heterocycles. The van der Waals surface area contributed by atoms with Crippen molar-refractivity contribution in [2.24, 2.45) is 0 Å². The Balaban J connectivity index is 1.25. The van der Waals surface area contributed by atoms with Crippen molar-refractivity contribution in [1.82, 2.24) is 24.4 Å². The summed E-state index contributed by atoms with van der Waals surface area (Å²) in [6.45, 7) is 0.0458. The molecule has 0 saturated carbocycles. The van der Waals surface area contributed by atoms with E-state index in [4.69, 9.17) is 4.74 Å². The van der Waals surface area contributed by atoms with E-state index in [1.165, 1.54) is 0 Å². The molecule has 0 spiro atoms. The maximum Gasteiger partial charge on any atom is 0.278 e. The summed E-state index contributed by atoms with van der Waals surface area (Å²) < 4.78 is 8.79. The van der Waals surface area contributed by atoms with Gasteiger partial charge in [-0.05, 0) is 36.4 Å². The second-order valence-corrected chi connectivity index (χ2v) is 7.13. The van der Waals surface area contributed by atoms with E-state index in [0.717, 1.165) is 16.0 Å². The number of fused-ring (bicyclic) bond motifs is 2. The Hall–Kier alpha value is -4.53. The van der Waals surface area contributed by atoms with Gasteiger partial charge in [-0.2, -0.15) is 0 Å². The van der Waals surface area contributed by atoms with Crippen molar-refractivity contribution in [1.29, 1.82) is 0 Å². The molecule has 3 heterocycles. The molecular formula is C23H18N6O3. The number of amides is 1. The van der Waals surface area contributed by atoms with Crippen molar-refractivity contribution >= 4 is 28.1 Å². The van der Waals surface area contributed by atoms with Crippen LogP contribution in [-0.2, 0) is 17.9 Å². The van der Waals surface area contributed by atoms with E-state index < -0.39 is 5.91 Å². The molecule has 32 heavy (non-hydrogen) atoms. The molecule has 158 valence electrons. The summed E-state index contributed by atoms with van der Waals surface area (Å²) in [5.74, 6) is 0.191. The zero-order valence-electron chi connectivity index (χ0n) is 16.9. The standard InChI is InChI=1S/C23H18N6O3/c30-22(14-29-23(31)19-8-1-2-9-20(19)26-27-29)25-16-6-5-7-18(12-16)32-15-17-13-28-11-4-3-10-21(28)24-17/h1-13H,14-15H2,(H,25,30). The van der Waals surface area contributed by atoms with Crippen LogP contribution >= 0.6 is 0 Å². The van der Waals surface area contributed by atoms with E-state index in [-0.39, 0.29) is 12.1 Å². The second kappa shape index (κ2) is 8.31. The zero-order valence-corrected chi connectivity index (χ0v) is 16.9. The van der Waals surface area contributed by atoms with Crippen molar-refractivity contribution in [3.63, 3.8) is 0 Å². The topological polar surface area (TPSA) is 103 Å². The fourth-order valence-electron chi connectivity index (χ4n) is 3.34. The van der Waals surface area contributed by atoms with Crippen LogP contribution in [0.15, 0.2) is 83.9 Å². The number of pyridine rings is 1. The van der Waals surface area contributed by atoms with E-state index >= 15 is 0 Å². The van der Waals surface area contributed by atoms with Crippen LogP contribution < -0.4 is 15.6 Å². The van der Waals surface area contributed by atoms with Crippen LogP contribution in [0.1, 0.15) is 5.69 Å². The van der Waals surface area contributed by atoms with Crippen molar-refractivity contribution in [2.75, 3.05) is 5.32 Å². The monoisotopic (exact) mass is 426 g/mol. The van der Waals surface area contributed by atoms with Gasteiger partial charge in [0.05, 0.1) is 11.1 Å². The highest BCUT2D eigenvalue weighted by Gasteiger charge is 2.10. The molecular weight excluding hydrogens is 408 g/mol. The highest BCUT2D eigenvalue weighted by molar-refractivity contribution is 5.90. The maximum absolute atomic E-state index is 12.5. The summed E-state index contributed by atoms with van der Waals surface area (Å²) in [4.78, 5) is 29.5. The highest BCUT2D eigenvalue weighted by Crippen LogP contribution is 2.19. The smallest absolute Gasteiger partial charge is 0.278 e. The van der Waals surface area contributed by atoms with Crippen LogP contribution in [0.3, 0.4) is 0 Å². The molecule has 0 saturated heterocycles. The van der Waals surface area contributed by atoms with E-state index in [2.05, 4.69) is 20.6 Å². The summed E-state index contributed by atoms with van der Waals surface area (Å²) in [5, 5.41) is 11.0. The molecule has 0 fully saturated rings.